The van der Waals surface area contributed by atoms with E-state index in [1.165, 1.54) is 18.3 Å². The number of rotatable bonds is 4. The Labute approximate surface area is 167 Å². The molecule has 2 aromatic carbocycles. The average Bonchev–Trinajstić information content (AvgIpc) is 2.72. The number of para-hydroxylation sites is 1. The number of nitro benzene ring substituents is 1. The minimum Gasteiger partial charge on any atom is -0.367 e. The second-order valence-electron chi connectivity index (χ2n) is 6.77. The average molecular weight is 413 g/mol. The molecule has 10 heteroatoms. The number of benzene rings is 2. The van der Waals surface area contributed by atoms with Crippen LogP contribution in [-0.2, 0) is 10.0 Å². The van der Waals surface area contributed by atoms with Crippen LogP contribution in [-0.4, -0.2) is 44.5 Å². The van der Waals surface area contributed by atoms with E-state index in [0.717, 1.165) is 11.1 Å². The lowest BCUT2D eigenvalue weighted by atomic mass is 10.1. The van der Waals surface area contributed by atoms with Gasteiger partial charge in [-0.05, 0) is 24.3 Å². The first-order chi connectivity index (χ1) is 13.9. The van der Waals surface area contributed by atoms with Crippen LogP contribution in [0.3, 0.4) is 0 Å². The number of non-ortho nitro benzene ring substituents is 1. The zero-order valence-corrected chi connectivity index (χ0v) is 16.2. The highest BCUT2D eigenvalue weighted by Crippen LogP contribution is 2.34. The third kappa shape index (κ3) is 3.59. The van der Waals surface area contributed by atoms with Crippen molar-refractivity contribution in [3.05, 3.63) is 65.0 Å². The van der Waals surface area contributed by atoms with Crippen LogP contribution in [0.15, 0.2) is 59.8 Å². The highest BCUT2D eigenvalue weighted by atomic mass is 32.2. The first kappa shape index (κ1) is 19.1. The van der Waals surface area contributed by atoms with Gasteiger partial charge in [0.05, 0.1) is 16.0 Å². The molecule has 1 aliphatic heterocycles. The van der Waals surface area contributed by atoms with Gasteiger partial charge in [-0.2, -0.15) is 0 Å². The number of nitro groups is 1. The number of hydrogen-bond donors (Lipinski definition) is 1. The molecule has 0 aliphatic carbocycles. The van der Waals surface area contributed by atoms with E-state index in [1.807, 2.05) is 4.90 Å². The second-order valence-corrected chi connectivity index (χ2v) is 8.30. The van der Waals surface area contributed by atoms with Crippen LogP contribution >= 0.6 is 0 Å². The van der Waals surface area contributed by atoms with Crippen molar-refractivity contribution in [1.29, 1.82) is 0 Å². The molecule has 150 valence electrons. The van der Waals surface area contributed by atoms with Gasteiger partial charge in [0.25, 0.3) is 5.69 Å². The van der Waals surface area contributed by atoms with E-state index in [4.69, 9.17) is 5.14 Å². The molecular formula is C19H19N5O4S. The van der Waals surface area contributed by atoms with Gasteiger partial charge in [0.2, 0.25) is 10.0 Å². The third-order valence-electron chi connectivity index (χ3n) is 5.10. The molecule has 2 N–H and O–H groups in total. The highest BCUT2D eigenvalue weighted by Gasteiger charge is 2.24. The van der Waals surface area contributed by atoms with E-state index in [-0.39, 0.29) is 10.6 Å². The van der Waals surface area contributed by atoms with Crippen LogP contribution in [0.25, 0.3) is 10.8 Å². The van der Waals surface area contributed by atoms with Crippen LogP contribution < -0.4 is 14.9 Å². The molecule has 1 aliphatic rings. The summed E-state index contributed by atoms with van der Waals surface area (Å²) < 4.78 is 23.8. The molecular weight excluding hydrogens is 394 g/mol. The van der Waals surface area contributed by atoms with Crippen molar-refractivity contribution in [2.75, 3.05) is 36.0 Å². The fourth-order valence-electron chi connectivity index (χ4n) is 3.74. The molecule has 0 radical (unpaired) electrons. The van der Waals surface area contributed by atoms with E-state index in [9.17, 15) is 18.5 Å². The third-order valence-corrected chi connectivity index (χ3v) is 6.06. The van der Waals surface area contributed by atoms with Gasteiger partial charge in [0.15, 0.2) is 0 Å². The number of hydrogen-bond acceptors (Lipinski definition) is 7. The molecule has 1 aromatic heterocycles. The van der Waals surface area contributed by atoms with Crippen molar-refractivity contribution in [3.63, 3.8) is 0 Å². The maximum Gasteiger partial charge on any atom is 0.278 e. The topological polar surface area (TPSA) is 123 Å². The molecule has 29 heavy (non-hydrogen) atoms. The molecule has 0 bridgehead atoms. The SMILES string of the molecule is NS(=O)(=O)c1ccccc1N1CCN(c2ccc([N+](=O)[O-])c3cnccc23)CC1. The normalized spacial score (nSPS) is 14.9. The van der Waals surface area contributed by atoms with Crippen LogP contribution in [0.5, 0.6) is 0 Å². The summed E-state index contributed by atoms with van der Waals surface area (Å²) in [6, 6.07) is 11.7. The van der Waals surface area contributed by atoms with Gasteiger partial charge >= 0.3 is 0 Å². The van der Waals surface area contributed by atoms with Crippen molar-refractivity contribution in [1.82, 2.24) is 4.98 Å². The molecule has 3 aromatic rings. The van der Waals surface area contributed by atoms with Crippen molar-refractivity contribution >= 4 is 37.9 Å². The molecule has 0 amide bonds. The summed E-state index contributed by atoms with van der Waals surface area (Å²) in [7, 11) is -3.82. The number of nitrogens with two attached hydrogens (primary N) is 1. The van der Waals surface area contributed by atoms with Crippen LogP contribution in [0.4, 0.5) is 17.1 Å². The summed E-state index contributed by atoms with van der Waals surface area (Å²) in [6.45, 7) is 2.45. The zero-order valence-electron chi connectivity index (χ0n) is 15.4. The molecule has 4 rings (SSSR count). The van der Waals surface area contributed by atoms with Gasteiger partial charge in [-0.1, -0.05) is 12.1 Å². The van der Waals surface area contributed by atoms with Crippen molar-refractivity contribution < 1.29 is 13.3 Å². The van der Waals surface area contributed by atoms with Crippen LogP contribution in [0.2, 0.25) is 0 Å². The van der Waals surface area contributed by atoms with E-state index in [2.05, 4.69) is 9.88 Å². The maximum absolute atomic E-state index is 11.9. The van der Waals surface area contributed by atoms with Crippen LogP contribution in [0.1, 0.15) is 0 Å². The number of fused-ring (bicyclic) bond motifs is 1. The number of primary sulfonamides is 1. The number of nitrogens with zero attached hydrogens (tertiary/aromatic N) is 4. The van der Waals surface area contributed by atoms with Gasteiger partial charge < -0.3 is 9.80 Å². The zero-order chi connectivity index (χ0) is 20.6. The Balaban J connectivity index is 1.62. The summed E-state index contributed by atoms with van der Waals surface area (Å²) in [5, 5.41) is 17.9. The fraction of sp³-hybridized carbons (Fsp3) is 0.211. The van der Waals surface area contributed by atoms with E-state index < -0.39 is 14.9 Å². The van der Waals surface area contributed by atoms with Crippen molar-refractivity contribution in [3.8, 4) is 0 Å². The quantitative estimate of drug-likeness (QED) is 0.513. The minimum absolute atomic E-state index is 0.0255. The fourth-order valence-corrected chi connectivity index (χ4v) is 4.50. The Bertz CT molecular complexity index is 1190. The van der Waals surface area contributed by atoms with E-state index >= 15 is 0 Å². The molecule has 1 fully saturated rings. The second kappa shape index (κ2) is 7.30. The summed E-state index contributed by atoms with van der Waals surface area (Å²) >= 11 is 0. The van der Waals surface area contributed by atoms with Gasteiger partial charge in [-0.25, -0.2) is 13.6 Å². The Hall–Kier alpha value is -3.24. The van der Waals surface area contributed by atoms with Crippen molar-refractivity contribution in [2.24, 2.45) is 5.14 Å². The van der Waals surface area contributed by atoms with Gasteiger partial charge in [0.1, 0.15) is 4.90 Å². The maximum atomic E-state index is 11.9. The molecule has 1 saturated heterocycles. The summed E-state index contributed by atoms with van der Waals surface area (Å²) in [6.07, 6.45) is 3.13. The Morgan fingerprint density at radius 3 is 2.24 bits per heavy atom. The number of aromatic nitrogens is 1. The molecule has 9 nitrogen and oxygen atoms in total. The Morgan fingerprint density at radius 1 is 0.931 bits per heavy atom. The lowest BCUT2D eigenvalue weighted by Gasteiger charge is -2.38. The van der Waals surface area contributed by atoms with Crippen molar-refractivity contribution in [2.45, 2.75) is 4.90 Å². The lowest BCUT2D eigenvalue weighted by molar-refractivity contribution is -0.383. The smallest absolute Gasteiger partial charge is 0.278 e. The van der Waals surface area contributed by atoms with Gasteiger partial charge in [-0.3, -0.25) is 15.1 Å². The summed E-state index contributed by atoms with van der Waals surface area (Å²) in [4.78, 5) is 19.2. The van der Waals surface area contributed by atoms with E-state index in [1.54, 1.807) is 36.5 Å². The molecule has 2 heterocycles. The predicted molar refractivity (Wildman–Crippen MR) is 111 cm³/mol. The summed E-state index contributed by atoms with van der Waals surface area (Å²) in [5.41, 5.74) is 1.51. The number of piperazine rings is 1. The van der Waals surface area contributed by atoms with Gasteiger partial charge in [-0.15, -0.1) is 0 Å². The monoisotopic (exact) mass is 413 g/mol. The highest BCUT2D eigenvalue weighted by molar-refractivity contribution is 7.89. The first-order valence-electron chi connectivity index (χ1n) is 8.99. The summed E-state index contributed by atoms with van der Waals surface area (Å²) in [5.74, 6) is 0. The molecule has 0 atom stereocenters. The number of pyridine rings is 1. The first-order valence-corrected chi connectivity index (χ1v) is 10.5. The van der Waals surface area contributed by atoms with E-state index in [0.29, 0.717) is 37.3 Å². The molecule has 0 saturated carbocycles. The molecule has 0 unspecified atom stereocenters. The standard InChI is InChI=1S/C19H19N5O4S/c20-29(27,28)19-4-2-1-3-18(19)23-11-9-22(10-12-23)16-5-6-17(24(25)26)15-13-21-8-7-14(15)16/h1-8,13H,9-12H2,(H2,20,27,28). The largest absolute Gasteiger partial charge is 0.367 e. The Morgan fingerprint density at radius 2 is 1.59 bits per heavy atom. The van der Waals surface area contributed by atoms with Gasteiger partial charge in [0, 0.05) is 55.7 Å². The Kier molecular flexibility index (Phi) is 4.81. The minimum atomic E-state index is -3.82. The predicted octanol–water partition coefficient (Wildman–Crippen LogP) is 2.12. The molecule has 0 spiro atoms. The van der Waals surface area contributed by atoms with Crippen LogP contribution in [0, 0.1) is 10.1 Å². The number of anilines is 2. The lowest BCUT2D eigenvalue weighted by Crippen LogP contribution is -2.47. The number of sulfonamides is 1.